The van der Waals surface area contributed by atoms with Gasteiger partial charge in [0.15, 0.2) is 5.78 Å². The van der Waals surface area contributed by atoms with E-state index in [9.17, 15) is 18.8 Å². The monoisotopic (exact) mass is 449 g/mol. The molecule has 0 atom stereocenters. The number of anilines is 1. The first-order valence-corrected chi connectivity index (χ1v) is 10.1. The number of fused-ring (bicyclic) bond motifs is 1. The number of carbonyl (C=O) groups is 2. The molecule has 0 bridgehead atoms. The van der Waals surface area contributed by atoms with Gasteiger partial charge < -0.3 is 9.88 Å². The molecule has 0 aliphatic rings. The number of halogens is 2. The fraction of sp³-hybridized carbons (Fsp3) is 0.0833. The van der Waals surface area contributed by atoms with Crippen molar-refractivity contribution in [1.82, 2.24) is 9.55 Å². The van der Waals surface area contributed by atoms with Crippen molar-refractivity contribution in [3.8, 4) is 0 Å². The van der Waals surface area contributed by atoms with Crippen LogP contribution in [-0.4, -0.2) is 21.2 Å². The fourth-order valence-corrected chi connectivity index (χ4v) is 3.52. The van der Waals surface area contributed by atoms with Gasteiger partial charge in [0.25, 0.3) is 0 Å². The molecular formula is C24H17ClFN3O3. The molecule has 0 aliphatic carbocycles. The number of ketones is 1. The Morgan fingerprint density at radius 3 is 2.62 bits per heavy atom. The molecule has 8 heteroatoms. The molecule has 0 saturated carbocycles. The lowest BCUT2D eigenvalue weighted by Crippen LogP contribution is -2.25. The molecule has 2 aromatic heterocycles. The Morgan fingerprint density at radius 1 is 1.09 bits per heavy atom. The Balaban J connectivity index is 1.79. The number of nitrogens with zero attached hydrogens (tertiary/aromatic N) is 2. The van der Waals surface area contributed by atoms with E-state index < -0.39 is 22.9 Å². The van der Waals surface area contributed by atoms with Crippen LogP contribution in [-0.2, 0) is 11.3 Å². The van der Waals surface area contributed by atoms with Crippen molar-refractivity contribution in [3.05, 3.63) is 105 Å². The van der Waals surface area contributed by atoms with E-state index in [1.807, 2.05) is 0 Å². The molecule has 1 amide bonds. The van der Waals surface area contributed by atoms with Crippen LogP contribution in [0.2, 0.25) is 5.02 Å². The lowest BCUT2D eigenvalue weighted by molar-refractivity contribution is -0.116. The number of aryl methyl sites for hydroxylation is 1. The number of para-hydroxylation sites is 1. The minimum absolute atomic E-state index is 0.0298. The average molecular weight is 450 g/mol. The van der Waals surface area contributed by atoms with E-state index in [0.29, 0.717) is 10.7 Å². The molecule has 4 rings (SSSR count). The summed E-state index contributed by atoms with van der Waals surface area (Å²) in [6, 6.07) is 15.3. The van der Waals surface area contributed by atoms with Gasteiger partial charge in [-0.25, -0.2) is 9.37 Å². The molecule has 2 heterocycles. The molecular weight excluding hydrogens is 433 g/mol. The maximum Gasteiger partial charge on any atom is 0.244 e. The van der Waals surface area contributed by atoms with Crippen LogP contribution in [0.15, 0.2) is 71.7 Å². The van der Waals surface area contributed by atoms with Crippen molar-refractivity contribution >= 4 is 40.0 Å². The van der Waals surface area contributed by atoms with E-state index >= 15 is 0 Å². The van der Waals surface area contributed by atoms with Gasteiger partial charge >= 0.3 is 0 Å². The maximum atomic E-state index is 13.9. The first kappa shape index (κ1) is 21.4. The van der Waals surface area contributed by atoms with E-state index in [1.54, 1.807) is 43.3 Å². The molecule has 4 aromatic rings. The van der Waals surface area contributed by atoms with E-state index in [0.717, 1.165) is 0 Å². The van der Waals surface area contributed by atoms with Gasteiger partial charge in [-0.1, -0.05) is 35.9 Å². The Labute approximate surface area is 187 Å². The third-order valence-corrected chi connectivity index (χ3v) is 5.09. The van der Waals surface area contributed by atoms with Crippen molar-refractivity contribution in [3.63, 3.8) is 0 Å². The summed E-state index contributed by atoms with van der Waals surface area (Å²) in [4.78, 5) is 43.1. The molecule has 160 valence electrons. The first-order chi connectivity index (χ1) is 15.3. The van der Waals surface area contributed by atoms with E-state index in [4.69, 9.17) is 11.6 Å². The number of amides is 1. The van der Waals surface area contributed by atoms with Crippen LogP contribution in [0, 0.1) is 12.7 Å². The number of rotatable bonds is 5. The maximum absolute atomic E-state index is 13.9. The van der Waals surface area contributed by atoms with Gasteiger partial charge in [-0.15, -0.1) is 0 Å². The highest BCUT2D eigenvalue weighted by Crippen LogP contribution is 2.17. The zero-order valence-electron chi connectivity index (χ0n) is 16.9. The van der Waals surface area contributed by atoms with Crippen LogP contribution in [0.4, 0.5) is 10.1 Å². The van der Waals surface area contributed by atoms with E-state index in [-0.39, 0.29) is 34.4 Å². The van der Waals surface area contributed by atoms with E-state index in [2.05, 4.69) is 10.3 Å². The minimum Gasteiger partial charge on any atom is -0.322 e. The SMILES string of the molecule is Cc1ccc2c(=O)c(C(=O)c3cccc(Cl)c3)cn(CC(=O)Nc3ccccc3F)c2n1. The quantitative estimate of drug-likeness (QED) is 0.459. The van der Waals surface area contributed by atoms with Gasteiger partial charge in [-0.3, -0.25) is 14.4 Å². The minimum atomic E-state index is -0.573. The number of nitrogens with one attached hydrogen (secondary N) is 1. The second kappa shape index (κ2) is 8.72. The zero-order valence-corrected chi connectivity index (χ0v) is 17.7. The van der Waals surface area contributed by atoms with Gasteiger partial charge in [-0.2, -0.15) is 0 Å². The van der Waals surface area contributed by atoms with Gasteiger partial charge in [0.05, 0.1) is 16.6 Å². The van der Waals surface area contributed by atoms with Crippen molar-refractivity contribution in [2.45, 2.75) is 13.5 Å². The van der Waals surface area contributed by atoms with Crippen LogP contribution in [0.1, 0.15) is 21.6 Å². The van der Waals surface area contributed by atoms with Crippen molar-refractivity contribution < 1.29 is 14.0 Å². The first-order valence-electron chi connectivity index (χ1n) is 9.69. The summed E-state index contributed by atoms with van der Waals surface area (Å²) in [5, 5.41) is 3.05. The number of hydrogen-bond acceptors (Lipinski definition) is 4. The fourth-order valence-electron chi connectivity index (χ4n) is 3.33. The number of carbonyl (C=O) groups excluding carboxylic acids is 2. The Morgan fingerprint density at radius 2 is 1.88 bits per heavy atom. The highest BCUT2D eigenvalue weighted by molar-refractivity contribution is 6.31. The van der Waals surface area contributed by atoms with Crippen molar-refractivity contribution in [2.24, 2.45) is 0 Å². The Hall–Kier alpha value is -3.84. The molecule has 0 unspecified atom stereocenters. The van der Waals surface area contributed by atoms with Gasteiger partial charge in [0.2, 0.25) is 11.3 Å². The Kier molecular flexibility index (Phi) is 5.83. The highest BCUT2D eigenvalue weighted by atomic mass is 35.5. The molecule has 0 saturated heterocycles. The van der Waals surface area contributed by atoms with Gasteiger partial charge in [0, 0.05) is 22.5 Å². The predicted octanol–water partition coefficient (Wildman–Crippen LogP) is 4.37. The standard InChI is InChI=1S/C24H17ClFN3O3/c1-14-9-10-17-23(32)18(22(31)15-5-4-6-16(25)11-15)12-29(24(17)27-14)13-21(30)28-20-8-3-2-7-19(20)26/h2-12H,13H2,1H3,(H,28,30). The van der Waals surface area contributed by atoms with Crippen molar-refractivity contribution in [2.75, 3.05) is 5.32 Å². The van der Waals surface area contributed by atoms with Crippen LogP contribution in [0.3, 0.4) is 0 Å². The third kappa shape index (κ3) is 4.29. The van der Waals surface area contributed by atoms with Crippen LogP contribution >= 0.6 is 11.6 Å². The molecule has 0 fully saturated rings. The summed E-state index contributed by atoms with van der Waals surface area (Å²) in [5.74, 6) is -1.64. The predicted molar refractivity (Wildman–Crippen MR) is 121 cm³/mol. The largest absolute Gasteiger partial charge is 0.322 e. The zero-order chi connectivity index (χ0) is 22.8. The molecule has 0 spiro atoms. The number of benzene rings is 2. The lowest BCUT2D eigenvalue weighted by atomic mass is 10.0. The average Bonchev–Trinajstić information content (AvgIpc) is 2.76. The van der Waals surface area contributed by atoms with Crippen LogP contribution in [0.5, 0.6) is 0 Å². The lowest BCUT2D eigenvalue weighted by Gasteiger charge is -2.13. The molecule has 0 aliphatic heterocycles. The summed E-state index contributed by atoms with van der Waals surface area (Å²) in [5.41, 5.74) is 0.543. The third-order valence-electron chi connectivity index (χ3n) is 4.85. The second-order valence-electron chi connectivity index (χ2n) is 7.19. The topological polar surface area (TPSA) is 81.1 Å². The Bertz CT molecular complexity index is 1430. The number of hydrogen-bond donors (Lipinski definition) is 1. The molecule has 1 N–H and O–H groups in total. The molecule has 2 aromatic carbocycles. The molecule has 0 radical (unpaired) electrons. The number of pyridine rings is 2. The van der Waals surface area contributed by atoms with Crippen LogP contribution in [0.25, 0.3) is 11.0 Å². The smallest absolute Gasteiger partial charge is 0.244 e. The van der Waals surface area contributed by atoms with Gasteiger partial charge in [0.1, 0.15) is 18.0 Å². The number of aromatic nitrogens is 2. The summed E-state index contributed by atoms with van der Waals surface area (Å²) in [7, 11) is 0. The summed E-state index contributed by atoms with van der Waals surface area (Å²) in [6.07, 6.45) is 1.31. The highest BCUT2D eigenvalue weighted by Gasteiger charge is 2.19. The molecule has 6 nitrogen and oxygen atoms in total. The normalized spacial score (nSPS) is 10.8. The molecule has 32 heavy (non-hydrogen) atoms. The van der Waals surface area contributed by atoms with Gasteiger partial charge in [-0.05, 0) is 43.3 Å². The van der Waals surface area contributed by atoms with Crippen molar-refractivity contribution in [1.29, 1.82) is 0 Å². The second-order valence-corrected chi connectivity index (χ2v) is 7.63. The van der Waals surface area contributed by atoms with E-state index in [1.165, 1.54) is 35.0 Å². The van der Waals surface area contributed by atoms with Crippen LogP contribution < -0.4 is 10.7 Å². The summed E-state index contributed by atoms with van der Waals surface area (Å²) < 4.78 is 15.3. The summed E-state index contributed by atoms with van der Waals surface area (Å²) >= 11 is 5.99. The summed E-state index contributed by atoms with van der Waals surface area (Å²) in [6.45, 7) is 1.47.